The second-order valence-corrected chi connectivity index (χ2v) is 5.01. The van der Waals surface area contributed by atoms with Crippen molar-refractivity contribution in [1.82, 2.24) is 0 Å². The number of aliphatic hydroxyl groups excluding tert-OH is 1. The Kier molecular flexibility index (Phi) is 4.34. The van der Waals surface area contributed by atoms with Gasteiger partial charge in [0.15, 0.2) is 0 Å². The molecule has 2 unspecified atom stereocenters. The highest BCUT2D eigenvalue weighted by Gasteiger charge is 2.31. The summed E-state index contributed by atoms with van der Waals surface area (Å²) in [5.41, 5.74) is 0.931. The fraction of sp³-hybridized carbons (Fsp3) is 0.571. The lowest BCUT2D eigenvalue weighted by molar-refractivity contribution is -0.274. The van der Waals surface area contributed by atoms with E-state index in [9.17, 15) is 18.3 Å². The van der Waals surface area contributed by atoms with E-state index in [2.05, 4.69) is 4.74 Å². The monoisotopic (exact) mass is 274 g/mol. The van der Waals surface area contributed by atoms with Crippen LogP contribution in [0.25, 0.3) is 0 Å². The maximum absolute atomic E-state index is 12.0. The Morgan fingerprint density at radius 2 is 1.74 bits per heavy atom. The second kappa shape index (κ2) is 5.82. The third-order valence-corrected chi connectivity index (χ3v) is 3.52. The molecule has 1 aromatic carbocycles. The molecule has 2 rings (SSSR count). The van der Waals surface area contributed by atoms with Crippen LogP contribution in [0.5, 0.6) is 5.75 Å². The highest BCUT2D eigenvalue weighted by Crippen LogP contribution is 2.28. The third-order valence-electron chi connectivity index (χ3n) is 3.52. The first-order valence-electron chi connectivity index (χ1n) is 6.47. The second-order valence-electron chi connectivity index (χ2n) is 5.01. The SMILES string of the molecule is OC1CCCCC1Cc1ccc(OC(F)(F)F)cc1. The quantitative estimate of drug-likeness (QED) is 0.911. The van der Waals surface area contributed by atoms with Gasteiger partial charge in [0.2, 0.25) is 0 Å². The van der Waals surface area contributed by atoms with Crippen molar-refractivity contribution in [2.45, 2.75) is 44.6 Å². The van der Waals surface area contributed by atoms with Crippen LogP contribution in [0.3, 0.4) is 0 Å². The van der Waals surface area contributed by atoms with Gasteiger partial charge in [0.25, 0.3) is 0 Å². The molecule has 2 atom stereocenters. The zero-order valence-corrected chi connectivity index (χ0v) is 10.5. The maximum Gasteiger partial charge on any atom is 0.573 e. The van der Waals surface area contributed by atoms with Crippen LogP contribution in [0.4, 0.5) is 13.2 Å². The number of benzene rings is 1. The van der Waals surface area contributed by atoms with Crippen LogP contribution in [0.1, 0.15) is 31.2 Å². The topological polar surface area (TPSA) is 29.5 Å². The van der Waals surface area contributed by atoms with Crippen molar-refractivity contribution in [3.05, 3.63) is 29.8 Å². The Bertz CT molecular complexity index is 400. The van der Waals surface area contributed by atoms with Gasteiger partial charge in [-0.05, 0) is 42.9 Å². The normalized spacial score (nSPS) is 24.2. The Morgan fingerprint density at radius 1 is 1.11 bits per heavy atom. The van der Waals surface area contributed by atoms with E-state index in [0.29, 0.717) is 6.42 Å². The van der Waals surface area contributed by atoms with Gasteiger partial charge in [-0.15, -0.1) is 13.2 Å². The molecule has 0 aromatic heterocycles. The van der Waals surface area contributed by atoms with Crippen molar-refractivity contribution >= 4 is 0 Å². The number of ether oxygens (including phenoxy) is 1. The molecule has 1 aliphatic rings. The molecule has 1 N–H and O–H groups in total. The summed E-state index contributed by atoms with van der Waals surface area (Å²) < 4.78 is 39.9. The van der Waals surface area contributed by atoms with Gasteiger partial charge < -0.3 is 9.84 Å². The molecule has 0 spiro atoms. The first kappa shape index (κ1) is 14.2. The number of rotatable bonds is 3. The summed E-state index contributed by atoms with van der Waals surface area (Å²) in [6.45, 7) is 0. The Balaban J connectivity index is 1.94. The van der Waals surface area contributed by atoms with Crippen molar-refractivity contribution in [3.63, 3.8) is 0 Å². The molecule has 2 nitrogen and oxygen atoms in total. The van der Waals surface area contributed by atoms with Crippen LogP contribution < -0.4 is 4.74 Å². The summed E-state index contributed by atoms with van der Waals surface area (Å²) in [6.07, 6.45) is -0.288. The summed E-state index contributed by atoms with van der Waals surface area (Å²) in [4.78, 5) is 0. The summed E-state index contributed by atoms with van der Waals surface area (Å²) >= 11 is 0. The molecular formula is C14H17F3O2. The lowest BCUT2D eigenvalue weighted by atomic mass is 9.82. The zero-order chi connectivity index (χ0) is 13.9. The molecule has 0 saturated heterocycles. The minimum atomic E-state index is -4.65. The number of alkyl halides is 3. The smallest absolute Gasteiger partial charge is 0.406 e. The van der Waals surface area contributed by atoms with E-state index in [0.717, 1.165) is 31.2 Å². The van der Waals surface area contributed by atoms with Crippen molar-refractivity contribution in [2.24, 2.45) is 5.92 Å². The largest absolute Gasteiger partial charge is 0.573 e. The third kappa shape index (κ3) is 4.42. The molecule has 0 amide bonds. The van der Waals surface area contributed by atoms with E-state index >= 15 is 0 Å². The summed E-state index contributed by atoms with van der Waals surface area (Å²) in [6, 6.07) is 5.89. The van der Waals surface area contributed by atoms with Gasteiger partial charge in [-0.2, -0.15) is 0 Å². The van der Waals surface area contributed by atoms with Crippen LogP contribution in [0, 0.1) is 5.92 Å². The molecule has 0 radical (unpaired) electrons. The number of hydrogen-bond donors (Lipinski definition) is 1. The average Bonchev–Trinajstić information content (AvgIpc) is 2.33. The highest BCUT2D eigenvalue weighted by molar-refractivity contribution is 5.27. The van der Waals surface area contributed by atoms with Gasteiger partial charge in [-0.3, -0.25) is 0 Å². The minimum absolute atomic E-state index is 0.208. The summed E-state index contributed by atoms with van der Waals surface area (Å²) in [5.74, 6) is 0.00331. The first-order valence-corrected chi connectivity index (χ1v) is 6.47. The number of halogens is 3. The van der Waals surface area contributed by atoms with Crippen LogP contribution in [-0.2, 0) is 6.42 Å². The van der Waals surface area contributed by atoms with E-state index in [1.165, 1.54) is 12.1 Å². The lowest BCUT2D eigenvalue weighted by Crippen LogP contribution is -2.26. The molecule has 1 aliphatic carbocycles. The summed E-state index contributed by atoms with van der Waals surface area (Å²) in [5, 5.41) is 9.86. The average molecular weight is 274 g/mol. The predicted molar refractivity (Wildman–Crippen MR) is 64.8 cm³/mol. The van der Waals surface area contributed by atoms with Crippen molar-refractivity contribution in [3.8, 4) is 5.75 Å². The minimum Gasteiger partial charge on any atom is -0.406 e. The van der Waals surface area contributed by atoms with Gasteiger partial charge in [0, 0.05) is 0 Å². The number of hydrogen-bond acceptors (Lipinski definition) is 2. The van der Waals surface area contributed by atoms with Crippen LogP contribution >= 0.6 is 0 Å². The Hall–Kier alpha value is -1.23. The number of aliphatic hydroxyl groups is 1. The Labute approximate surface area is 110 Å². The van der Waals surface area contributed by atoms with Crippen LogP contribution in [0.15, 0.2) is 24.3 Å². The van der Waals surface area contributed by atoms with E-state index in [-0.39, 0.29) is 17.8 Å². The molecule has 19 heavy (non-hydrogen) atoms. The van der Waals surface area contributed by atoms with E-state index < -0.39 is 6.36 Å². The van der Waals surface area contributed by atoms with Gasteiger partial charge in [-0.25, -0.2) is 0 Å². The molecule has 0 aliphatic heterocycles. The van der Waals surface area contributed by atoms with Crippen molar-refractivity contribution < 1.29 is 23.0 Å². The lowest BCUT2D eigenvalue weighted by Gasteiger charge is -2.27. The van der Waals surface area contributed by atoms with Crippen LogP contribution in [0.2, 0.25) is 0 Å². The van der Waals surface area contributed by atoms with Gasteiger partial charge in [-0.1, -0.05) is 25.0 Å². The predicted octanol–water partition coefficient (Wildman–Crippen LogP) is 3.68. The van der Waals surface area contributed by atoms with Crippen molar-refractivity contribution in [1.29, 1.82) is 0 Å². The zero-order valence-electron chi connectivity index (χ0n) is 10.5. The molecule has 1 fully saturated rings. The molecule has 1 aromatic rings. The Morgan fingerprint density at radius 3 is 2.32 bits per heavy atom. The fourth-order valence-corrected chi connectivity index (χ4v) is 2.56. The molecule has 1 saturated carbocycles. The molecule has 106 valence electrons. The molecule has 0 bridgehead atoms. The van der Waals surface area contributed by atoms with Gasteiger partial charge in [0.05, 0.1) is 6.10 Å². The molecular weight excluding hydrogens is 257 g/mol. The van der Waals surface area contributed by atoms with Crippen LogP contribution in [-0.4, -0.2) is 17.6 Å². The maximum atomic E-state index is 12.0. The molecule has 0 heterocycles. The van der Waals surface area contributed by atoms with E-state index in [4.69, 9.17) is 0 Å². The van der Waals surface area contributed by atoms with E-state index in [1.54, 1.807) is 12.1 Å². The van der Waals surface area contributed by atoms with E-state index in [1.807, 2.05) is 0 Å². The first-order chi connectivity index (χ1) is 8.94. The van der Waals surface area contributed by atoms with Crippen molar-refractivity contribution in [2.75, 3.05) is 0 Å². The molecule has 5 heteroatoms. The van der Waals surface area contributed by atoms with Gasteiger partial charge in [0.1, 0.15) is 5.75 Å². The van der Waals surface area contributed by atoms with Gasteiger partial charge >= 0.3 is 6.36 Å². The highest BCUT2D eigenvalue weighted by atomic mass is 19.4. The standard InChI is InChI=1S/C14H17F3O2/c15-14(16,17)19-12-7-5-10(6-8-12)9-11-3-1-2-4-13(11)18/h5-8,11,13,18H,1-4,9H2. The fourth-order valence-electron chi connectivity index (χ4n) is 2.56. The summed E-state index contributed by atoms with van der Waals surface area (Å²) in [7, 11) is 0.